The predicted molar refractivity (Wildman–Crippen MR) is 133 cm³/mol. The van der Waals surface area contributed by atoms with Crippen molar-refractivity contribution in [2.24, 2.45) is 44.8 Å². The summed E-state index contributed by atoms with van der Waals surface area (Å²) >= 11 is 0. The van der Waals surface area contributed by atoms with Gasteiger partial charge < -0.3 is 10.2 Å². The molecule has 8 atom stereocenters. The van der Waals surface area contributed by atoms with Crippen LogP contribution in [0.3, 0.4) is 0 Å². The van der Waals surface area contributed by atoms with Crippen molar-refractivity contribution in [3.05, 3.63) is 35.5 Å². The van der Waals surface area contributed by atoms with E-state index in [0.29, 0.717) is 28.2 Å². The second-order valence-corrected chi connectivity index (χ2v) is 13.5. The summed E-state index contributed by atoms with van der Waals surface area (Å²) in [4.78, 5) is 11.1. The summed E-state index contributed by atoms with van der Waals surface area (Å²) in [6.45, 7) is 13.7. The van der Waals surface area contributed by atoms with Gasteiger partial charge in [-0.05, 0) is 103 Å². The topological polar surface area (TPSA) is 57.5 Å². The Kier molecular flexibility index (Phi) is 5.03. The number of aliphatic carboxylic acids is 1. The molecule has 0 amide bonds. The van der Waals surface area contributed by atoms with Gasteiger partial charge in [-0.25, -0.2) is 4.79 Å². The summed E-state index contributed by atoms with van der Waals surface area (Å²) in [5.74, 6) is 0.979. The summed E-state index contributed by atoms with van der Waals surface area (Å²) in [5.41, 5.74) is 3.50. The third kappa shape index (κ3) is 2.87. The van der Waals surface area contributed by atoms with E-state index in [1.165, 1.54) is 44.9 Å². The molecule has 2 N–H and O–H groups in total. The van der Waals surface area contributed by atoms with Crippen LogP contribution in [-0.2, 0) is 4.79 Å². The molecule has 33 heavy (non-hydrogen) atoms. The minimum absolute atomic E-state index is 0.0444. The monoisotopic (exact) mass is 452 g/mol. The first kappa shape index (κ1) is 23.4. The number of aliphatic hydroxyl groups excluding tert-OH is 1. The van der Waals surface area contributed by atoms with Crippen LogP contribution in [0, 0.1) is 44.8 Å². The first-order valence-corrected chi connectivity index (χ1v) is 13.3. The van der Waals surface area contributed by atoms with Gasteiger partial charge in [0.2, 0.25) is 0 Å². The Hall–Kier alpha value is -1.35. The van der Waals surface area contributed by atoms with Crippen LogP contribution in [0.5, 0.6) is 0 Å². The van der Waals surface area contributed by atoms with Gasteiger partial charge in [0, 0.05) is 5.57 Å². The van der Waals surface area contributed by atoms with Gasteiger partial charge in [-0.1, -0.05) is 64.5 Å². The van der Waals surface area contributed by atoms with Crippen molar-refractivity contribution in [3.63, 3.8) is 0 Å². The molecule has 5 aliphatic carbocycles. The molecule has 0 radical (unpaired) electrons. The number of carbonyl (C=O) groups is 1. The Morgan fingerprint density at radius 2 is 1.76 bits per heavy atom. The van der Waals surface area contributed by atoms with Crippen molar-refractivity contribution in [3.8, 4) is 0 Å². The van der Waals surface area contributed by atoms with Crippen molar-refractivity contribution in [1.82, 2.24) is 0 Å². The van der Waals surface area contributed by atoms with Crippen LogP contribution < -0.4 is 0 Å². The molecule has 0 aliphatic heterocycles. The normalized spacial score (nSPS) is 48.9. The van der Waals surface area contributed by atoms with E-state index < -0.39 is 5.97 Å². The molecule has 4 fully saturated rings. The van der Waals surface area contributed by atoms with E-state index in [1.807, 2.05) is 6.08 Å². The Balaban J connectivity index is 1.45. The first-order chi connectivity index (χ1) is 15.4. The summed E-state index contributed by atoms with van der Waals surface area (Å²) in [7, 11) is 0. The lowest BCUT2D eigenvalue weighted by molar-refractivity contribution is -0.132. The van der Waals surface area contributed by atoms with Gasteiger partial charge in [0.1, 0.15) is 0 Å². The third-order valence-corrected chi connectivity index (χ3v) is 12.1. The number of hydrogen-bond donors (Lipinski definition) is 2. The van der Waals surface area contributed by atoms with Crippen LogP contribution in [0.2, 0.25) is 0 Å². The molecule has 5 rings (SSSR count). The van der Waals surface area contributed by atoms with E-state index in [2.05, 4.69) is 46.8 Å². The third-order valence-electron chi connectivity index (χ3n) is 12.1. The Morgan fingerprint density at radius 3 is 2.45 bits per heavy atom. The molecule has 0 aromatic heterocycles. The smallest absolute Gasteiger partial charge is 0.331 e. The number of aliphatic hydroxyl groups is 1. The lowest BCUT2D eigenvalue weighted by Crippen LogP contribution is -2.53. The number of rotatable bonds is 4. The van der Waals surface area contributed by atoms with Gasteiger partial charge in [0.25, 0.3) is 0 Å². The zero-order valence-electron chi connectivity index (χ0n) is 21.6. The molecule has 0 heterocycles. The molecule has 0 unspecified atom stereocenters. The zero-order valence-corrected chi connectivity index (χ0v) is 21.6. The SMILES string of the molecule is C/C(=C\C=C/[C@@H](C)[C@]1(C)CC[C@]2(C)C1=CC[C@@]13C[C@@]14CC[C@@H](O)C(C)(C)[C@@H]4CC[C@H]32)C(=O)O. The number of hydrogen-bond acceptors (Lipinski definition) is 2. The molecule has 0 bridgehead atoms. The predicted octanol–water partition coefficient (Wildman–Crippen LogP) is 6.93. The van der Waals surface area contributed by atoms with Gasteiger partial charge in [-0.15, -0.1) is 0 Å². The van der Waals surface area contributed by atoms with E-state index in [0.717, 1.165) is 12.3 Å². The highest BCUT2D eigenvalue weighted by Gasteiger charge is 2.80. The molecule has 0 aromatic carbocycles. The van der Waals surface area contributed by atoms with Crippen LogP contribution in [0.4, 0.5) is 0 Å². The molecule has 5 aliphatic rings. The summed E-state index contributed by atoms with van der Waals surface area (Å²) < 4.78 is 0. The van der Waals surface area contributed by atoms with E-state index in [9.17, 15) is 9.90 Å². The summed E-state index contributed by atoms with van der Waals surface area (Å²) in [6.07, 6.45) is 18.3. The largest absolute Gasteiger partial charge is 0.478 e. The molecular formula is C30H44O3. The van der Waals surface area contributed by atoms with E-state index in [1.54, 1.807) is 18.6 Å². The molecule has 182 valence electrons. The number of fused-ring (bicyclic) bond motifs is 2. The van der Waals surface area contributed by atoms with Crippen LogP contribution in [0.15, 0.2) is 35.5 Å². The standard InChI is InChI=1S/C30H44O3/c1-19(25(32)33)8-7-9-20(2)27(5)16-17-28(6)22(27)12-14-30-18-29(30)15-13-24(31)26(3,4)21(29)10-11-23(28)30/h7-9,12,20-21,23-24,31H,10-11,13-18H2,1-6H3,(H,32,33)/b9-7-,19-8+/t20-,21+,23+,24-,27+,28-,29-,30+/m1/s1. The quantitative estimate of drug-likeness (QED) is 0.276. The van der Waals surface area contributed by atoms with Crippen molar-refractivity contribution >= 4 is 5.97 Å². The van der Waals surface area contributed by atoms with Crippen molar-refractivity contribution in [2.75, 3.05) is 0 Å². The molecule has 0 aromatic rings. The van der Waals surface area contributed by atoms with E-state index >= 15 is 0 Å². The van der Waals surface area contributed by atoms with Crippen LogP contribution in [-0.4, -0.2) is 22.3 Å². The fourth-order valence-electron chi connectivity index (χ4n) is 9.96. The average Bonchev–Trinajstić information content (AvgIpc) is 3.33. The van der Waals surface area contributed by atoms with Crippen molar-refractivity contribution in [2.45, 2.75) is 99.0 Å². The van der Waals surface area contributed by atoms with Gasteiger partial charge in [-0.2, -0.15) is 0 Å². The molecule has 3 heteroatoms. The highest BCUT2D eigenvalue weighted by molar-refractivity contribution is 5.86. The number of carboxylic acid groups (broad SMARTS) is 1. The fourth-order valence-corrected chi connectivity index (χ4v) is 9.96. The maximum atomic E-state index is 11.1. The van der Waals surface area contributed by atoms with Gasteiger partial charge in [0.05, 0.1) is 6.10 Å². The Morgan fingerprint density at radius 1 is 1.06 bits per heavy atom. The average molecular weight is 453 g/mol. The van der Waals surface area contributed by atoms with Crippen LogP contribution in [0.25, 0.3) is 0 Å². The molecule has 2 spiro atoms. The highest BCUT2D eigenvalue weighted by Crippen LogP contribution is 2.87. The Labute approximate surface area is 200 Å². The van der Waals surface area contributed by atoms with Gasteiger partial charge >= 0.3 is 5.97 Å². The van der Waals surface area contributed by atoms with Crippen molar-refractivity contribution in [1.29, 1.82) is 0 Å². The van der Waals surface area contributed by atoms with Crippen LogP contribution >= 0.6 is 0 Å². The maximum Gasteiger partial charge on any atom is 0.331 e. The highest BCUT2D eigenvalue weighted by atomic mass is 16.4. The van der Waals surface area contributed by atoms with Gasteiger partial charge in [0.15, 0.2) is 0 Å². The minimum Gasteiger partial charge on any atom is -0.478 e. The second-order valence-electron chi connectivity index (χ2n) is 13.5. The lowest BCUT2D eigenvalue weighted by Gasteiger charge is -2.58. The van der Waals surface area contributed by atoms with Crippen molar-refractivity contribution < 1.29 is 15.0 Å². The molecule has 0 saturated heterocycles. The fraction of sp³-hybridized carbons (Fsp3) is 0.767. The first-order valence-electron chi connectivity index (χ1n) is 13.3. The second kappa shape index (κ2) is 7.09. The number of carboxylic acids is 1. The summed E-state index contributed by atoms with van der Waals surface area (Å²) in [6, 6.07) is 0. The summed E-state index contributed by atoms with van der Waals surface area (Å²) in [5, 5.41) is 20.0. The maximum absolute atomic E-state index is 11.1. The van der Waals surface area contributed by atoms with E-state index in [-0.39, 0.29) is 22.3 Å². The lowest BCUT2D eigenvalue weighted by atomic mass is 9.46. The zero-order chi connectivity index (χ0) is 24.0. The molecule has 4 saturated carbocycles. The minimum atomic E-state index is -0.848. The van der Waals surface area contributed by atoms with E-state index in [4.69, 9.17) is 5.11 Å². The molecule has 3 nitrogen and oxygen atoms in total. The molecular weight excluding hydrogens is 408 g/mol. The van der Waals surface area contributed by atoms with Gasteiger partial charge in [-0.3, -0.25) is 0 Å². The number of allylic oxidation sites excluding steroid dienone is 5. The van der Waals surface area contributed by atoms with Crippen LogP contribution in [0.1, 0.15) is 92.9 Å². The Bertz CT molecular complexity index is 956.